The van der Waals surface area contributed by atoms with Crippen molar-refractivity contribution in [1.82, 2.24) is 0 Å². The van der Waals surface area contributed by atoms with E-state index in [0.717, 1.165) is 14.2 Å². The summed E-state index contributed by atoms with van der Waals surface area (Å²) in [6.07, 6.45) is 0. The van der Waals surface area contributed by atoms with Crippen molar-refractivity contribution in [2.24, 2.45) is 0 Å². The highest BCUT2D eigenvalue weighted by molar-refractivity contribution is 7.48. The summed E-state index contributed by atoms with van der Waals surface area (Å²) in [6.45, 7) is 0. The SMILES string of the molecule is COP(=O)(OC)OC(Cl)C(Cl)Cl. The molecule has 0 aliphatic heterocycles. The fourth-order valence-corrected chi connectivity index (χ4v) is 1.56. The van der Waals surface area contributed by atoms with Gasteiger partial charge in [-0.1, -0.05) is 11.6 Å². The number of halogens is 3. The van der Waals surface area contributed by atoms with E-state index in [-0.39, 0.29) is 0 Å². The number of rotatable bonds is 5. The van der Waals surface area contributed by atoms with Crippen LogP contribution >= 0.6 is 42.6 Å². The molecule has 12 heavy (non-hydrogen) atoms. The monoisotopic (exact) mass is 256 g/mol. The van der Waals surface area contributed by atoms with Gasteiger partial charge in [0.2, 0.25) is 0 Å². The molecule has 0 heterocycles. The van der Waals surface area contributed by atoms with Gasteiger partial charge in [-0.15, -0.1) is 23.2 Å². The predicted octanol–water partition coefficient (Wildman–Crippen LogP) is 2.77. The lowest BCUT2D eigenvalue weighted by molar-refractivity contribution is 0.143. The second kappa shape index (κ2) is 5.66. The minimum Gasteiger partial charge on any atom is -0.290 e. The molecule has 74 valence electrons. The van der Waals surface area contributed by atoms with E-state index in [2.05, 4.69) is 13.6 Å². The van der Waals surface area contributed by atoms with Crippen LogP contribution in [-0.2, 0) is 18.1 Å². The van der Waals surface area contributed by atoms with Crippen molar-refractivity contribution in [3.05, 3.63) is 0 Å². The quantitative estimate of drug-likeness (QED) is 0.561. The number of hydrogen-bond donors (Lipinski definition) is 0. The highest BCUT2D eigenvalue weighted by Crippen LogP contribution is 2.50. The molecule has 4 nitrogen and oxygen atoms in total. The van der Waals surface area contributed by atoms with Crippen LogP contribution < -0.4 is 0 Å². The third kappa shape index (κ3) is 4.28. The summed E-state index contributed by atoms with van der Waals surface area (Å²) in [7, 11) is -1.28. The Kier molecular flexibility index (Phi) is 6.12. The first-order valence-corrected chi connectivity index (χ1v) is 5.54. The summed E-state index contributed by atoms with van der Waals surface area (Å²) in [6, 6.07) is 0. The van der Waals surface area contributed by atoms with Gasteiger partial charge >= 0.3 is 7.82 Å². The molecule has 0 fully saturated rings. The van der Waals surface area contributed by atoms with E-state index < -0.39 is 18.2 Å². The maximum Gasteiger partial charge on any atom is 0.475 e. The minimum absolute atomic E-state index is 1.01. The molecule has 0 amide bonds. The Balaban J connectivity index is 4.12. The van der Waals surface area contributed by atoms with Gasteiger partial charge in [0.25, 0.3) is 0 Å². The minimum atomic E-state index is -3.59. The van der Waals surface area contributed by atoms with E-state index in [1.807, 2.05) is 0 Å². The standard InChI is InChI=1S/C4H8Cl3O4P/c1-9-12(8,10-2)11-4(7)3(5)6/h3-4H,1-2H3. The van der Waals surface area contributed by atoms with E-state index in [0.29, 0.717) is 0 Å². The Hall–Kier alpha value is 0.980. The van der Waals surface area contributed by atoms with Crippen LogP contribution in [0, 0.1) is 0 Å². The fourth-order valence-electron chi connectivity index (χ4n) is 0.330. The molecule has 0 saturated heterocycles. The van der Waals surface area contributed by atoms with Gasteiger partial charge in [-0.2, -0.15) is 0 Å². The molecule has 0 aromatic carbocycles. The molecule has 0 rings (SSSR count). The molecular weight excluding hydrogens is 249 g/mol. The second-order valence-corrected chi connectivity index (χ2v) is 5.03. The van der Waals surface area contributed by atoms with Crippen LogP contribution in [0.2, 0.25) is 0 Å². The van der Waals surface area contributed by atoms with Crippen LogP contribution in [0.4, 0.5) is 0 Å². The van der Waals surface area contributed by atoms with E-state index in [1.54, 1.807) is 0 Å². The summed E-state index contributed by atoms with van der Waals surface area (Å²) in [5.41, 5.74) is -1.14. The highest BCUT2D eigenvalue weighted by Gasteiger charge is 2.29. The lowest BCUT2D eigenvalue weighted by Gasteiger charge is -2.17. The lowest BCUT2D eigenvalue weighted by Crippen LogP contribution is -2.12. The molecule has 0 N–H and O–H groups in total. The fraction of sp³-hybridized carbons (Fsp3) is 1.00. The molecule has 0 aliphatic carbocycles. The van der Waals surface area contributed by atoms with Gasteiger partial charge in [-0.25, -0.2) is 4.57 Å². The Bertz CT molecular complexity index is 168. The van der Waals surface area contributed by atoms with Gasteiger partial charge in [0.05, 0.1) is 0 Å². The first-order chi connectivity index (χ1) is 5.45. The molecular formula is C4H8Cl3O4P. The van der Waals surface area contributed by atoms with Crippen molar-refractivity contribution in [3.8, 4) is 0 Å². The maximum atomic E-state index is 11.2. The summed E-state index contributed by atoms with van der Waals surface area (Å²) in [4.78, 5) is -1.01. The molecule has 0 aromatic heterocycles. The zero-order valence-corrected chi connectivity index (χ0v) is 9.53. The molecule has 0 aromatic rings. The number of hydrogen-bond acceptors (Lipinski definition) is 4. The van der Waals surface area contributed by atoms with Crippen LogP contribution in [0.25, 0.3) is 0 Å². The van der Waals surface area contributed by atoms with Gasteiger partial charge in [-0.05, 0) is 0 Å². The zero-order chi connectivity index (χ0) is 9.78. The molecule has 8 heteroatoms. The lowest BCUT2D eigenvalue weighted by atomic mass is 10.8. The van der Waals surface area contributed by atoms with Gasteiger partial charge in [-0.3, -0.25) is 13.6 Å². The molecule has 1 unspecified atom stereocenters. The van der Waals surface area contributed by atoms with E-state index in [4.69, 9.17) is 34.8 Å². The summed E-state index contributed by atoms with van der Waals surface area (Å²) in [5.74, 6) is 0. The van der Waals surface area contributed by atoms with E-state index in [1.165, 1.54) is 0 Å². The first-order valence-electron chi connectivity index (χ1n) is 2.77. The molecule has 1 atom stereocenters. The average Bonchev–Trinajstić information content (AvgIpc) is 2.04. The topological polar surface area (TPSA) is 44.8 Å². The maximum absolute atomic E-state index is 11.2. The number of alkyl halides is 3. The predicted molar refractivity (Wildman–Crippen MR) is 47.8 cm³/mol. The normalized spacial score (nSPS) is 15.2. The van der Waals surface area contributed by atoms with Gasteiger partial charge in [0.1, 0.15) is 4.84 Å². The van der Waals surface area contributed by atoms with Gasteiger partial charge < -0.3 is 0 Å². The van der Waals surface area contributed by atoms with Crippen molar-refractivity contribution < 1.29 is 18.1 Å². The number of phosphoric ester groups is 1. The molecule has 0 bridgehead atoms. The Morgan fingerprint density at radius 2 is 1.58 bits per heavy atom. The van der Waals surface area contributed by atoms with Crippen molar-refractivity contribution in [2.75, 3.05) is 14.2 Å². The summed E-state index contributed by atoms with van der Waals surface area (Å²) >= 11 is 16.1. The Morgan fingerprint density at radius 3 is 1.83 bits per heavy atom. The van der Waals surface area contributed by atoms with E-state index in [9.17, 15) is 4.57 Å². The third-order valence-electron chi connectivity index (χ3n) is 0.875. The second-order valence-electron chi connectivity index (χ2n) is 1.60. The third-order valence-corrected chi connectivity index (χ3v) is 3.44. The van der Waals surface area contributed by atoms with Gasteiger partial charge in [0.15, 0.2) is 5.56 Å². The van der Waals surface area contributed by atoms with Crippen molar-refractivity contribution >= 4 is 42.6 Å². The van der Waals surface area contributed by atoms with Crippen LogP contribution in [0.15, 0.2) is 0 Å². The average molecular weight is 257 g/mol. The van der Waals surface area contributed by atoms with Crippen molar-refractivity contribution in [1.29, 1.82) is 0 Å². The Morgan fingerprint density at radius 1 is 1.17 bits per heavy atom. The van der Waals surface area contributed by atoms with Crippen molar-refractivity contribution in [2.45, 2.75) is 10.4 Å². The van der Waals surface area contributed by atoms with Crippen LogP contribution in [-0.4, -0.2) is 24.6 Å². The molecule has 0 spiro atoms. The van der Waals surface area contributed by atoms with Crippen LogP contribution in [0.1, 0.15) is 0 Å². The molecule has 0 radical (unpaired) electrons. The number of phosphoric acid groups is 1. The van der Waals surface area contributed by atoms with Crippen LogP contribution in [0.5, 0.6) is 0 Å². The summed E-state index contributed by atoms with van der Waals surface area (Å²) in [5, 5.41) is 0. The zero-order valence-electron chi connectivity index (χ0n) is 6.37. The van der Waals surface area contributed by atoms with Crippen molar-refractivity contribution in [3.63, 3.8) is 0 Å². The van der Waals surface area contributed by atoms with E-state index >= 15 is 0 Å². The molecule has 0 aliphatic rings. The largest absolute Gasteiger partial charge is 0.475 e. The van der Waals surface area contributed by atoms with Crippen LogP contribution in [0.3, 0.4) is 0 Å². The first kappa shape index (κ1) is 13.0. The van der Waals surface area contributed by atoms with Gasteiger partial charge in [0, 0.05) is 14.2 Å². The summed E-state index contributed by atoms with van der Waals surface area (Å²) < 4.78 is 24.6. The Labute approximate surface area is 85.6 Å². The smallest absolute Gasteiger partial charge is 0.290 e. The highest BCUT2D eigenvalue weighted by atomic mass is 35.5. The molecule has 0 saturated carbocycles.